The zero-order valence-electron chi connectivity index (χ0n) is 11.4. The highest BCUT2D eigenvalue weighted by molar-refractivity contribution is 5.97. The largest absolute Gasteiger partial charge is 0.356 e. The number of Topliss-reactive ketones (excluding diaryl/α,β-unsaturated/α-hetero) is 1. The Morgan fingerprint density at radius 2 is 1.72 bits per heavy atom. The monoisotopic (exact) mass is 241 g/mol. The summed E-state index contributed by atoms with van der Waals surface area (Å²) in [4.78, 5) is 15.5. The van der Waals surface area contributed by atoms with Gasteiger partial charge in [0.15, 0.2) is 5.78 Å². The number of aryl methyl sites for hydroxylation is 2. The first kappa shape index (κ1) is 12.6. The third-order valence-corrected chi connectivity index (χ3v) is 3.70. The predicted octanol–water partition coefficient (Wildman–Crippen LogP) is 3.67. The maximum atomic E-state index is 12.3. The molecular weight excluding hydrogens is 222 g/mol. The van der Waals surface area contributed by atoms with Crippen LogP contribution < -0.4 is 0 Å². The van der Waals surface area contributed by atoms with E-state index in [-0.39, 0.29) is 5.78 Å². The van der Waals surface area contributed by atoms with E-state index in [2.05, 4.69) is 4.98 Å². The van der Waals surface area contributed by atoms with Crippen molar-refractivity contribution in [3.05, 3.63) is 57.9 Å². The van der Waals surface area contributed by atoms with Crippen LogP contribution in [0.2, 0.25) is 0 Å². The Kier molecular flexibility index (Phi) is 3.37. The van der Waals surface area contributed by atoms with Crippen molar-refractivity contribution in [2.24, 2.45) is 0 Å². The van der Waals surface area contributed by atoms with E-state index in [4.69, 9.17) is 0 Å². The number of aromatic amines is 1. The van der Waals surface area contributed by atoms with Crippen molar-refractivity contribution in [2.45, 2.75) is 34.1 Å². The van der Waals surface area contributed by atoms with Gasteiger partial charge in [0.25, 0.3) is 0 Å². The van der Waals surface area contributed by atoms with Crippen LogP contribution in [0.15, 0.2) is 24.3 Å². The molecule has 0 spiro atoms. The Bertz CT molecular complexity index is 593. The Hall–Kier alpha value is -1.83. The summed E-state index contributed by atoms with van der Waals surface area (Å²) < 4.78 is 0. The molecular formula is C16H19NO. The fraction of sp³-hybridized carbons (Fsp3) is 0.312. The summed E-state index contributed by atoms with van der Waals surface area (Å²) in [6.45, 7) is 8.10. The van der Waals surface area contributed by atoms with Crippen LogP contribution in [0, 0.1) is 27.7 Å². The standard InChI is InChI=1S/C16H19NO/c1-10-7-5-6-8-14(10)9-15(18)16-12(3)11(2)13(4)17-16/h5-8,17H,9H2,1-4H3. The maximum absolute atomic E-state index is 12.3. The van der Waals surface area contributed by atoms with Crippen molar-refractivity contribution in [1.82, 2.24) is 4.98 Å². The molecule has 0 aliphatic rings. The number of aromatic nitrogens is 1. The van der Waals surface area contributed by atoms with Crippen LogP contribution in [-0.2, 0) is 6.42 Å². The molecule has 0 atom stereocenters. The van der Waals surface area contributed by atoms with Crippen molar-refractivity contribution in [2.75, 3.05) is 0 Å². The van der Waals surface area contributed by atoms with Crippen LogP contribution in [0.3, 0.4) is 0 Å². The zero-order chi connectivity index (χ0) is 13.3. The summed E-state index contributed by atoms with van der Waals surface area (Å²) in [7, 11) is 0. The number of nitrogens with one attached hydrogen (secondary N) is 1. The van der Waals surface area contributed by atoms with Gasteiger partial charge in [-0.15, -0.1) is 0 Å². The van der Waals surface area contributed by atoms with Gasteiger partial charge in [0.2, 0.25) is 0 Å². The number of rotatable bonds is 3. The van der Waals surface area contributed by atoms with Gasteiger partial charge in [-0.05, 0) is 49.9 Å². The van der Waals surface area contributed by atoms with Crippen molar-refractivity contribution >= 4 is 5.78 Å². The minimum absolute atomic E-state index is 0.165. The number of H-pyrrole nitrogens is 1. The number of hydrogen-bond acceptors (Lipinski definition) is 1. The number of carbonyl (C=O) groups is 1. The van der Waals surface area contributed by atoms with Crippen LogP contribution in [-0.4, -0.2) is 10.8 Å². The van der Waals surface area contributed by atoms with Crippen LogP contribution in [0.5, 0.6) is 0 Å². The lowest BCUT2D eigenvalue weighted by molar-refractivity contribution is 0.0988. The third kappa shape index (κ3) is 2.23. The van der Waals surface area contributed by atoms with Gasteiger partial charge in [0, 0.05) is 12.1 Å². The van der Waals surface area contributed by atoms with E-state index >= 15 is 0 Å². The summed E-state index contributed by atoms with van der Waals surface area (Å²) in [5, 5.41) is 0. The average molecular weight is 241 g/mol. The van der Waals surface area contributed by atoms with Crippen molar-refractivity contribution in [3.8, 4) is 0 Å². The summed E-state index contributed by atoms with van der Waals surface area (Å²) in [5.74, 6) is 0.165. The topological polar surface area (TPSA) is 32.9 Å². The van der Waals surface area contributed by atoms with Gasteiger partial charge in [0.1, 0.15) is 0 Å². The van der Waals surface area contributed by atoms with Gasteiger partial charge in [-0.2, -0.15) is 0 Å². The molecule has 0 saturated heterocycles. The SMILES string of the molecule is Cc1ccccc1CC(=O)c1[nH]c(C)c(C)c1C. The van der Waals surface area contributed by atoms with Gasteiger partial charge in [-0.25, -0.2) is 0 Å². The van der Waals surface area contributed by atoms with Gasteiger partial charge < -0.3 is 4.98 Å². The molecule has 0 aliphatic carbocycles. The number of benzene rings is 1. The molecule has 2 aromatic rings. The average Bonchev–Trinajstić information content (AvgIpc) is 2.60. The summed E-state index contributed by atoms with van der Waals surface area (Å²) in [5.41, 5.74) is 6.37. The minimum atomic E-state index is 0.165. The lowest BCUT2D eigenvalue weighted by Crippen LogP contribution is -2.07. The van der Waals surface area contributed by atoms with E-state index in [9.17, 15) is 4.79 Å². The molecule has 2 nitrogen and oxygen atoms in total. The quantitative estimate of drug-likeness (QED) is 0.817. The Balaban J connectivity index is 2.28. The van der Waals surface area contributed by atoms with Gasteiger partial charge in [-0.1, -0.05) is 24.3 Å². The second kappa shape index (κ2) is 4.81. The molecule has 0 unspecified atom stereocenters. The lowest BCUT2D eigenvalue weighted by Gasteiger charge is -2.04. The van der Waals surface area contributed by atoms with Crippen LogP contribution in [0.25, 0.3) is 0 Å². The molecule has 0 radical (unpaired) electrons. The van der Waals surface area contributed by atoms with Gasteiger partial charge in [-0.3, -0.25) is 4.79 Å². The van der Waals surface area contributed by atoms with Gasteiger partial charge >= 0.3 is 0 Å². The predicted molar refractivity (Wildman–Crippen MR) is 74.2 cm³/mol. The second-order valence-electron chi connectivity index (χ2n) is 4.90. The summed E-state index contributed by atoms with van der Waals surface area (Å²) >= 11 is 0. The van der Waals surface area contributed by atoms with E-state index in [1.54, 1.807) is 0 Å². The highest BCUT2D eigenvalue weighted by Crippen LogP contribution is 2.19. The third-order valence-electron chi connectivity index (χ3n) is 3.70. The van der Waals surface area contributed by atoms with E-state index in [1.165, 1.54) is 11.1 Å². The fourth-order valence-corrected chi connectivity index (χ4v) is 2.19. The van der Waals surface area contributed by atoms with Crippen LogP contribution in [0.1, 0.15) is 38.4 Å². The summed E-state index contributed by atoms with van der Waals surface area (Å²) in [6.07, 6.45) is 0.465. The molecule has 0 amide bonds. The van der Waals surface area contributed by atoms with Crippen molar-refractivity contribution in [1.29, 1.82) is 0 Å². The van der Waals surface area contributed by atoms with Gasteiger partial charge in [0.05, 0.1) is 5.69 Å². The molecule has 0 saturated carbocycles. The van der Waals surface area contributed by atoms with Crippen molar-refractivity contribution < 1.29 is 4.79 Å². The first-order valence-electron chi connectivity index (χ1n) is 6.24. The van der Waals surface area contributed by atoms with E-state index in [1.807, 2.05) is 52.0 Å². The Labute approximate surface area is 108 Å². The van der Waals surface area contributed by atoms with E-state index < -0.39 is 0 Å². The highest BCUT2D eigenvalue weighted by atomic mass is 16.1. The molecule has 2 heteroatoms. The van der Waals surface area contributed by atoms with E-state index in [0.29, 0.717) is 6.42 Å². The van der Waals surface area contributed by atoms with Crippen molar-refractivity contribution in [3.63, 3.8) is 0 Å². The van der Waals surface area contributed by atoms with Crippen LogP contribution >= 0.6 is 0 Å². The summed E-state index contributed by atoms with van der Waals surface area (Å²) in [6, 6.07) is 8.04. The molecule has 1 aromatic heterocycles. The Morgan fingerprint density at radius 3 is 2.28 bits per heavy atom. The molecule has 18 heavy (non-hydrogen) atoms. The molecule has 1 N–H and O–H groups in total. The Morgan fingerprint density at radius 1 is 1.06 bits per heavy atom. The zero-order valence-corrected chi connectivity index (χ0v) is 11.4. The fourth-order valence-electron chi connectivity index (χ4n) is 2.19. The molecule has 0 aliphatic heterocycles. The lowest BCUT2D eigenvalue weighted by atomic mass is 10.0. The number of ketones is 1. The number of hydrogen-bond donors (Lipinski definition) is 1. The minimum Gasteiger partial charge on any atom is -0.356 e. The second-order valence-corrected chi connectivity index (χ2v) is 4.90. The molecule has 0 bridgehead atoms. The highest BCUT2D eigenvalue weighted by Gasteiger charge is 2.15. The first-order chi connectivity index (χ1) is 8.50. The molecule has 0 fully saturated rings. The van der Waals surface area contributed by atoms with E-state index in [0.717, 1.165) is 22.5 Å². The molecule has 94 valence electrons. The molecule has 1 heterocycles. The molecule has 2 rings (SSSR count). The first-order valence-corrected chi connectivity index (χ1v) is 6.24. The number of carbonyl (C=O) groups excluding carboxylic acids is 1. The van der Waals surface area contributed by atoms with Crippen LogP contribution in [0.4, 0.5) is 0 Å². The maximum Gasteiger partial charge on any atom is 0.183 e. The normalized spacial score (nSPS) is 10.7. The molecule has 1 aromatic carbocycles. The smallest absolute Gasteiger partial charge is 0.183 e.